The molecule has 0 aliphatic carbocycles. The number of unbranched alkanes of at least 4 members (excludes halogenated alkanes) is 12. The Bertz CT molecular complexity index is 500. The number of carbonyl (C=O) groups excluding carboxylic acids is 1. The van der Waals surface area contributed by atoms with Crippen LogP contribution in [-0.4, -0.2) is 26.5 Å². The number of carboxylic acid groups (broad SMARTS) is 1. The molecule has 0 aliphatic rings. The van der Waals surface area contributed by atoms with Gasteiger partial charge in [0.05, 0.1) is 5.92 Å². The summed E-state index contributed by atoms with van der Waals surface area (Å²) in [4.78, 5) is 27.2. The summed E-state index contributed by atoms with van der Waals surface area (Å²) >= 11 is 0. The molecule has 1 N–H and O–H groups in total. The number of nitrogens with zero attached hydrogens (tertiary/aromatic N) is 2. The number of hydrogen-bond acceptors (Lipinski definition) is 3. The van der Waals surface area contributed by atoms with E-state index in [1.807, 2.05) is 0 Å². The van der Waals surface area contributed by atoms with Crippen LogP contribution >= 0.6 is 0 Å². The number of imidazole rings is 1. The minimum atomic E-state index is -0.873. The highest BCUT2D eigenvalue weighted by Crippen LogP contribution is 2.17. The van der Waals surface area contributed by atoms with Gasteiger partial charge in [0, 0.05) is 18.8 Å². The van der Waals surface area contributed by atoms with Gasteiger partial charge in [-0.05, 0) is 6.42 Å². The van der Waals surface area contributed by atoms with Gasteiger partial charge in [-0.1, -0.05) is 90.4 Å². The summed E-state index contributed by atoms with van der Waals surface area (Å²) in [6.07, 6.45) is 21.7. The third-order valence-electron chi connectivity index (χ3n) is 5.22. The summed E-state index contributed by atoms with van der Waals surface area (Å²) in [5.74, 6) is -1.66. The normalized spacial score (nSPS) is 12.2. The zero-order valence-corrected chi connectivity index (χ0v) is 17.1. The van der Waals surface area contributed by atoms with Gasteiger partial charge in [-0.3, -0.25) is 14.2 Å². The Morgan fingerprint density at radius 1 is 0.889 bits per heavy atom. The van der Waals surface area contributed by atoms with Crippen LogP contribution in [0.4, 0.5) is 0 Å². The van der Waals surface area contributed by atoms with Crippen molar-refractivity contribution in [2.24, 2.45) is 5.92 Å². The summed E-state index contributed by atoms with van der Waals surface area (Å²) in [6, 6.07) is 0. The lowest BCUT2D eigenvalue weighted by atomic mass is 9.96. The average Bonchev–Trinajstić information content (AvgIpc) is 3.19. The van der Waals surface area contributed by atoms with Crippen molar-refractivity contribution >= 4 is 11.9 Å². The standard InChI is InChI=1S/C22H38N2O3/c1-2-3-4-5-6-7-8-9-10-11-12-13-14-15-20(22(26)27)18-21(25)24-17-16-23-19-24/h16-17,19-20H,2-15,18H2,1H3,(H,26,27). The van der Waals surface area contributed by atoms with E-state index in [-0.39, 0.29) is 12.3 Å². The monoisotopic (exact) mass is 378 g/mol. The van der Waals surface area contributed by atoms with Crippen LogP contribution in [0.3, 0.4) is 0 Å². The predicted octanol–water partition coefficient (Wildman–Crippen LogP) is 6.10. The second-order valence-electron chi connectivity index (χ2n) is 7.63. The minimum Gasteiger partial charge on any atom is -0.481 e. The summed E-state index contributed by atoms with van der Waals surface area (Å²) in [5.41, 5.74) is 0. The smallest absolute Gasteiger partial charge is 0.307 e. The average molecular weight is 379 g/mol. The molecule has 1 unspecified atom stereocenters. The molecule has 154 valence electrons. The van der Waals surface area contributed by atoms with E-state index in [2.05, 4.69) is 11.9 Å². The highest BCUT2D eigenvalue weighted by molar-refractivity contribution is 5.83. The van der Waals surface area contributed by atoms with Crippen molar-refractivity contribution in [2.45, 2.75) is 103 Å². The Morgan fingerprint density at radius 3 is 1.85 bits per heavy atom. The largest absolute Gasteiger partial charge is 0.481 e. The molecule has 1 aromatic rings. The molecule has 27 heavy (non-hydrogen) atoms. The molecule has 0 radical (unpaired) electrons. The fourth-order valence-corrected chi connectivity index (χ4v) is 3.44. The van der Waals surface area contributed by atoms with Crippen LogP contribution in [0.5, 0.6) is 0 Å². The van der Waals surface area contributed by atoms with Gasteiger partial charge < -0.3 is 5.11 Å². The zero-order valence-electron chi connectivity index (χ0n) is 17.1. The van der Waals surface area contributed by atoms with E-state index in [1.165, 1.54) is 81.3 Å². The molecular weight excluding hydrogens is 340 g/mol. The topological polar surface area (TPSA) is 72.2 Å². The molecule has 0 fully saturated rings. The lowest BCUT2D eigenvalue weighted by molar-refractivity contribution is -0.142. The third-order valence-corrected chi connectivity index (χ3v) is 5.22. The fourth-order valence-electron chi connectivity index (χ4n) is 3.44. The second kappa shape index (κ2) is 15.4. The molecule has 0 saturated carbocycles. The Balaban J connectivity index is 1.99. The van der Waals surface area contributed by atoms with Crippen LogP contribution in [0, 0.1) is 5.92 Å². The van der Waals surface area contributed by atoms with Crippen molar-refractivity contribution in [3.05, 3.63) is 18.7 Å². The zero-order chi connectivity index (χ0) is 19.7. The molecule has 5 nitrogen and oxygen atoms in total. The highest BCUT2D eigenvalue weighted by Gasteiger charge is 2.21. The maximum absolute atomic E-state index is 12.0. The van der Waals surface area contributed by atoms with E-state index >= 15 is 0 Å². The number of rotatable bonds is 17. The SMILES string of the molecule is CCCCCCCCCCCCCCCC(CC(=O)n1ccnc1)C(=O)O. The van der Waals surface area contributed by atoms with Gasteiger partial charge in [0.2, 0.25) is 5.91 Å². The first-order valence-electron chi connectivity index (χ1n) is 10.9. The van der Waals surface area contributed by atoms with E-state index in [9.17, 15) is 14.7 Å². The summed E-state index contributed by atoms with van der Waals surface area (Å²) < 4.78 is 1.36. The van der Waals surface area contributed by atoms with Gasteiger partial charge >= 0.3 is 5.97 Å². The number of aromatic nitrogens is 2. The number of carbonyl (C=O) groups is 2. The maximum Gasteiger partial charge on any atom is 0.307 e. The van der Waals surface area contributed by atoms with E-state index < -0.39 is 11.9 Å². The van der Waals surface area contributed by atoms with E-state index in [0.29, 0.717) is 6.42 Å². The highest BCUT2D eigenvalue weighted by atomic mass is 16.4. The Labute approximate surface area is 164 Å². The molecule has 0 bridgehead atoms. The summed E-state index contributed by atoms with van der Waals surface area (Å²) in [5, 5.41) is 9.33. The van der Waals surface area contributed by atoms with Crippen LogP contribution < -0.4 is 0 Å². The number of hydrogen-bond donors (Lipinski definition) is 1. The Kier molecular flexibility index (Phi) is 13.4. The molecule has 1 heterocycles. The first-order valence-corrected chi connectivity index (χ1v) is 10.9. The van der Waals surface area contributed by atoms with Crippen LogP contribution in [0.1, 0.15) is 108 Å². The summed E-state index contributed by atoms with van der Waals surface area (Å²) in [7, 11) is 0. The van der Waals surface area contributed by atoms with Crippen LogP contribution in [0.25, 0.3) is 0 Å². The van der Waals surface area contributed by atoms with Crippen molar-refractivity contribution in [1.29, 1.82) is 0 Å². The molecule has 0 spiro atoms. The fraction of sp³-hybridized carbons (Fsp3) is 0.773. The quantitative estimate of drug-likeness (QED) is 0.333. The Hall–Kier alpha value is -1.65. The molecule has 1 aromatic heterocycles. The van der Waals surface area contributed by atoms with Gasteiger partial charge in [0.1, 0.15) is 6.33 Å². The summed E-state index contributed by atoms with van der Waals surface area (Å²) in [6.45, 7) is 2.25. The van der Waals surface area contributed by atoms with Crippen LogP contribution in [0.2, 0.25) is 0 Å². The molecular formula is C22H38N2O3. The van der Waals surface area contributed by atoms with Crippen molar-refractivity contribution < 1.29 is 14.7 Å². The van der Waals surface area contributed by atoms with Crippen molar-refractivity contribution in [2.75, 3.05) is 0 Å². The van der Waals surface area contributed by atoms with Gasteiger partial charge in [-0.15, -0.1) is 0 Å². The van der Waals surface area contributed by atoms with E-state index in [4.69, 9.17) is 0 Å². The molecule has 5 heteroatoms. The van der Waals surface area contributed by atoms with Crippen molar-refractivity contribution in [1.82, 2.24) is 9.55 Å². The van der Waals surface area contributed by atoms with E-state index in [0.717, 1.165) is 19.3 Å². The molecule has 1 rings (SSSR count). The first-order chi connectivity index (χ1) is 13.1. The second-order valence-corrected chi connectivity index (χ2v) is 7.63. The van der Waals surface area contributed by atoms with Crippen molar-refractivity contribution in [3.63, 3.8) is 0 Å². The van der Waals surface area contributed by atoms with Gasteiger partial charge in [-0.2, -0.15) is 0 Å². The number of aliphatic carboxylic acids is 1. The lowest BCUT2D eigenvalue weighted by Crippen LogP contribution is -2.21. The minimum absolute atomic E-state index is 0.0456. The van der Waals surface area contributed by atoms with Gasteiger partial charge in [0.25, 0.3) is 0 Å². The van der Waals surface area contributed by atoms with Gasteiger partial charge in [0.15, 0.2) is 0 Å². The number of carboxylic acids is 1. The van der Waals surface area contributed by atoms with Crippen LogP contribution in [0.15, 0.2) is 18.7 Å². The van der Waals surface area contributed by atoms with Gasteiger partial charge in [-0.25, -0.2) is 4.98 Å². The van der Waals surface area contributed by atoms with Crippen molar-refractivity contribution in [3.8, 4) is 0 Å². The van der Waals surface area contributed by atoms with Crippen LogP contribution in [-0.2, 0) is 4.79 Å². The first kappa shape index (κ1) is 23.4. The molecule has 0 aliphatic heterocycles. The predicted molar refractivity (Wildman–Crippen MR) is 109 cm³/mol. The molecule has 1 atom stereocenters. The lowest BCUT2D eigenvalue weighted by Gasteiger charge is -2.11. The molecule has 0 saturated heterocycles. The molecule has 0 aromatic carbocycles. The Morgan fingerprint density at radius 2 is 1.41 bits per heavy atom. The third kappa shape index (κ3) is 11.6. The molecule has 0 amide bonds. The maximum atomic E-state index is 12.0. The van der Waals surface area contributed by atoms with E-state index in [1.54, 1.807) is 6.20 Å².